The van der Waals surface area contributed by atoms with Gasteiger partial charge < -0.3 is 10.0 Å². The van der Waals surface area contributed by atoms with E-state index in [0.717, 1.165) is 29.8 Å². The van der Waals surface area contributed by atoms with Crippen molar-refractivity contribution < 1.29 is 14.3 Å². The number of nitrogens with zero attached hydrogens (tertiary/aromatic N) is 3. The van der Waals surface area contributed by atoms with Gasteiger partial charge in [-0.15, -0.1) is 0 Å². The normalized spacial score (nSPS) is 17.1. The van der Waals surface area contributed by atoms with Crippen molar-refractivity contribution >= 4 is 28.7 Å². The van der Waals surface area contributed by atoms with E-state index in [-0.39, 0.29) is 16.4 Å². The van der Waals surface area contributed by atoms with Gasteiger partial charge in [-0.2, -0.15) is 5.26 Å². The van der Waals surface area contributed by atoms with Gasteiger partial charge in [-0.25, -0.2) is 14.2 Å². The van der Waals surface area contributed by atoms with Crippen LogP contribution >= 0.6 is 0 Å². The number of anilines is 2. The van der Waals surface area contributed by atoms with Crippen LogP contribution in [0.2, 0.25) is 0 Å². The summed E-state index contributed by atoms with van der Waals surface area (Å²) in [5.41, 5.74) is 6.81. The Kier molecular flexibility index (Phi) is 5.29. The predicted molar refractivity (Wildman–Crippen MR) is 140 cm³/mol. The molecule has 1 N–H and O–H groups in total. The molecule has 3 aromatic rings. The third-order valence-electron chi connectivity index (χ3n) is 7.76. The summed E-state index contributed by atoms with van der Waals surface area (Å²) in [6.07, 6.45) is 2.11. The van der Waals surface area contributed by atoms with Gasteiger partial charge >= 0.3 is 5.97 Å². The van der Waals surface area contributed by atoms with Crippen molar-refractivity contribution in [2.75, 3.05) is 11.9 Å². The third-order valence-corrected chi connectivity index (χ3v) is 7.76. The Morgan fingerprint density at radius 3 is 2.28 bits per heavy atom. The van der Waals surface area contributed by atoms with E-state index < -0.39 is 11.8 Å². The van der Waals surface area contributed by atoms with E-state index in [4.69, 9.17) is 4.99 Å². The van der Waals surface area contributed by atoms with Crippen LogP contribution in [0.5, 0.6) is 0 Å². The van der Waals surface area contributed by atoms with Crippen LogP contribution in [0.1, 0.15) is 78.7 Å². The Hall–Kier alpha value is -3.98. The van der Waals surface area contributed by atoms with Gasteiger partial charge in [-0.1, -0.05) is 33.8 Å². The number of nitriles is 1. The first kappa shape index (κ1) is 23.7. The number of aliphatic imine (C=N–C) groups is 1. The number of benzene rings is 3. The maximum absolute atomic E-state index is 14.8. The van der Waals surface area contributed by atoms with Crippen LogP contribution in [0, 0.1) is 17.1 Å². The van der Waals surface area contributed by atoms with Gasteiger partial charge in [0.2, 0.25) is 0 Å². The Morgan fingerprint density at radius 2 is 1.67 bits per heavy atom. The maximum Gasteiger partial charge on any atom is 0.338 e. The van der Waals surface area contributed by atoms with Gasteiger partial charge in [0, 0.05) is 18.2 Å². The number of carboxylic acid groups (broad SMARTS) is 1. The van der Waals surface area contributed by atoms with E-state index in [2.05, 4.69) is 50.8 Å². The average molecular weight is 482 g/mol. The van der Waals surface area contributed by atoms with Crippen molar-refractivity contribution in [2.45, 2.75) is 51.4 Å². The number of halogens is 1. The van der Waals surface area contributed by atoms with E-state index in [9.17, 15) is 19.6 Å². The van der Waals surface area contributed by atoms with Crippen LogP contribution in [-0.2, 0) is 10.8 Å². The molecule has 182 valence electrons. The Balaban J connectivity index is 1.85. The van der Waals surface area contributed by atoms with Crippen molar-refractivity contribution in [1.29, 1.82) is 5.26 Å². The quantitative estimate of drug-likeness (QED) is 0.428. The molecular weight excluding hydrogens is 453 g/mol. The standard InChI is InChI=1S/C30H28FN3O2/c1-29(2)10-11-30(3,4)22-15-26-20(14-21(22)29)27(18-7-8-19(28(35)36)23(31)13-18)33-24-12-17(16-32)6-9-25(24)34(26)5/h6-9,12-15H,10-11H2,1-5H3,(H,35,36). The summed E-state index contributed by atoms with van der Waals surface area (Å²) in [4.78, 5) is 18.5. The highest BCUT2D eigenvalue weighted by molar-refractivity contribution is 6.19. The largest absolute Gasteiger partial charge is 0.478 e. The number of hydrogen-bond donors (Lipinski definition) is 1. The van der Waals surface area contributed by atoms with Crippen LogP contribution in [0.4, 0.5) is 21.5 Å². The summed E-state index contributed by atoms with van der Waals surface area (Å²) in [6.45, 7) is 9.04. The lowest BCUT2D eigenvalue weighted by Gasteiger charge is -2.43. The summed E-state index contributed by atoms with van der Waals surface area (Å²) in [6, 6.07) is 16.1. The molecule has 1 heterocycles. The van der Waals surface area contributed by atoms with Gasteiger partial charge in [0.05, 0.1) is 40.0 Å². The molecule has 0 spiro atoms. The Labute approximate surface area is 210 Å². The fourth-order valence-electron chi connectivity index (χ4n) is 5.40. The van der Waals surface area contributed by atoms with Crippen LogP contribution in [0.25, 0.3) is 0 Å². The van der Waals surface area contributed by atoms with Crippen molar-refractivity contribution in [3.05, 3.63) is 87.7 Å². The number of fused-ring (bicyclic) bond motifs is 3. The molecule has 1 aliphatic carbocycles. The van der Waals surface area contributed by atoms with Crippen molar-refractivity contribution in [3.63, 3.8) is 0 Å². The highest BCUT2D eigenvalue weighted by Gasteiger charge is 2.39. The molecule has 0 fully saturated rings. The first-order valence-electron chi connectivity index (χ1n) is 12.0. The zero-order valence-corrected chi connectivity index (χ0v) is 21.1. The van der Waals surface area contributed by atoms with Gasteiger partial charge in [0.15, 0.2) is 0 Å². The maximum atomic E-state index is 14.8. The second-order valence-corrected chi connectivity index (χ2v) is 11.0. The molecule has 2 aliphatic rings. The number of carbonyl (C=O) groups is 1. The van der Waals surface area contributed by atoms with Gasteiger partial charge in [0.25, 0.3) is 0 Å². The molecule has 3 aromatic carbocycles. The molecule has 0 saturated heterocycles. The number of hydrogen-bond acceptors (Lipinski definition) is 4. The Bertz CT molecular complexity index is 1510. The average Bonchev–Trinajstić information content (AvgIpc) is 2.95. The first-order chi connectivity index (χ1) is 16.9. The molecule has 6 heteroatoms. The summed E-state index contributed by atoms with van der Waals surface area (Å²) in [7, 11) is 1.98. The minimum atomic E-state index is -1.32. The minimum Gasteiger partial charge on any atom is -0.478 e. The molecule has 0 saturated carbocycles. The summed E-state index contributed by atoms with van der Waals surface area (Å²) in [5.74, 6) is -2.13. The monoisotopic (exact) mass is 481 g/mol. The number of aromatic carboxylic acids is 1. The molecule has 0 radical (unpaired) electrons. The summed E-state index contributed by atoms with van der Waals surface area (Å²) in [5, 5.41) is 18.8. The second kappa shape index (κ2) is 8.03. The number of rotatable bonds is 2. The fourth-order valence-corrected chi connectivity index (χ4v) is 5.40. The van der Waals surface area contributed by atoms with Crippen LogP contribution < -0.4 is 4.90 Å². The molecule has 36 heavy (non-hydrogen) atoms. The van der Waals surface area contributed by atoms with Crippen LogP contribution in [0.15, 0.2) is 53.5 Å². The smallest absolute Gasteiger partial charge is 0.338 e. The molecular formula is C30H28FN3O2. The lowest BCUT2D eigenvalue weighted by Crippen LogP contribution is -2.34. The van der Waals surface area contributed by atoms with Crippen molar-refractivity contribution in [3.8, 4) is 6.07 Å². The van der Waals surface area contributed by atoms with E-state index in [1.807, 2.05) is 13.1 Å². The zero-order chi connectivity index (χ0) is 26.0. The third kappa shape index (κ3) is 3.67. The Morgan fingerprint density at radius 1 is 1.00 bits per heavy atom. The summed E-state index contributed by atoms with van der Waals surface area (Å²) < 4.78 is 14.8. The molecule has 1 aliphatic heterocycles. The second-order valence-electron chi connectivity index (χ2n) is 11.0. The van der Waals surface area contributed by atoms with Crippen molar-refractivity contribution in [2.24, 2.45) is 4.99 Å². The highest BCUT2D eigenvalue weighted by Crippen LogP contribution is 2.50. The van der Waals surface area contributed by atoms with E-state index in [1.165, 1.54) is 23.3 Å². The van der Waals surface area contributed by atoms with E-state index in [0.29, 0.717) is 22.5 Å². The molecule has 5 nitrogen and oxygen atoms in total. The molecule has 0 unspecified atom stereocenters. The molecule has 0 bridgehead atoms. The molecule has 0 aromatic heterocycles. The van der Waals surface area contributed by atoms with Crippen molar-refractivity contribution in [1.82, 2.24) is 0 Å². The van der Waals surface area contributed by atoms with Gasteiger partial charge in [-0.05, 0) is 77.3 Å². The fraction of sp³-hybridized carbons (Fsp3) is 0.300. The highest BCUT2D eigenvalue weighted by atomic mass is 19.1. The summed E-state index contributed by atoms with van der Waals surface area (Å²) >= 11 is 0. The minimum absolute atomic E-state index is 0.00687. The number of carboxylic acids is 1. The SMILES string of the molecule is CN1c2ccc(C#N)cc2N=C(c2ccc(C(=O)O)c(F)c2)c2cc3c(cc21)C(C)(C)CCC3(C)C. The van der Waals surface area contributed by atoms with Crippen LogP contribution in [-0.4, -0.2) is 23.8 Å². The van der Waals surface area contributed by atoms with E-state index in [1.54, 1.807) is 18.2 Å². The topological polar surface area (TPSA) is 76.7 Å². The predicted octanol–water partition coefficient (Wildman–Crippen LogP) is 6.99. The van der Waals surface area contributed by atoms with Crippen LogP contribution in [0.3, 0.4) is 0 Å². The zero-order valence-electron chi connectivity index (χ0n) is 21.1. The first-order valence-corrected chi connectivity index (χ1v) is 12.0. The van der Waals surface area contributed by atoms with Gasteiger partial charge in [0.1, 0.15) is 5.82 Å². The van der Waals surface area contributed by atoms with Gasteiger partial charge in [-0.3, -0.25) is 0 Å². The lowest BCUT2D eigenvalue weighted by atomic mass is 9.62. The molecule has 0 amide bonds. The lowest BCUT2D eigenvalue weighted by molar-refractivity contribution is 0.0692. The van der Waals surface area contributed by atoms with E-state index >= 15 is 0 Å². The molecule has 5 rings (SSSR count). The molecule has 0 atom stereocenters.